The van der Waals surface area contributed by atoms with Crippen molar-refractivity contribution in [3.05, 3.63) is 35.6 Å². The summed E-state index contributed by atoms with van der Waals surface area (Å²) in [6.45, 7) is 3.53. The Balaban J connectivity index is 1.68. The highest BCUT2D eigenvalue weighted by Gasteiger charge is 2.33. The normalized spacial score (nSPS) is 17.0. The van der Waals surface area contributed by atoms with Crippen LogP contribution < -0.4 is 4.74 Å². The van der Waals surface area contributed by atoms with Gasteiger partial charge < -0.3 is 18.9 Å². The Labute approximate surface area is 146 Å². The second-order valence-electron chi connectivity index (χ2n) is 5.78. The summed E-state index contributed by atoms with van der Waals surface area (Å²) in [5.41, 5.74) is 0.519. The maximum atomic E-state index is 12.8. The molecule has 1 atom stereocenters. The summed E-state index contributed by atoms with van der Waals surface area (Å²) in [4.78, 5) is 23.2. The molecule has 2 aromatic heterocycles. The van der Waals surface area contributed by atoms with E-state index in [-0.39, 0.29) is 11.9 Å². The zero-order valence-corrected chi connectivity index (χ0v) is 14.5. The summed E-state index contributed by atoms with van der Waals surface area (Å²) in [7, 11) is 1.61. The van der Waals surface area contributed by atoms with Crippen LogP contribution in [0.15, 0.2) is 22.9 Å². The number of amides is 1. The molecule has 0 N–H and O–H groups in total. The Morgan fingerprint density at radius 2 is 2.28 bits per heavy atom. The van der Waals surface area contributed by atoms with E-state index in [0.717, 1.165) is 12.8 Å². The van der Waals surface area contributed by atoms with Crippen LogP contribution in [0.1, 0.15) is 47.9 Å². The first-order chi connectivity index (χ1) is 12.2. The summed E-state index contributed by atoms with van der Waals surface area (Å²) in [6, 6.07) is 3.27. The van der Waals surface area contributed by atoms with E-state index in [1.165, 1.54) is 6.20 Å². The maximum Gasteiger partial charge on any atom is 0.256 e. The fourth-order valence-electron chi connectivity index (χ4n) is 2.81. The molecule has 0 radical (unpaired) electrons. The van der Waals surface area contributed by atoms with Gasteiger partial charge >= 0.3 is 0 Å². The van der Waals surface area contributed by atoms with E-state index >= 15 is 0 Å². The first-order valence-corrected chi connectivity index (χ1v) is 8.44. The lowest BCUT2D eigenvalue weighted by Gasteiger charge is -2.22. The predicted molar refractivity (Wildman–Crippen MR) is 88.3 cm³/mol. The fourth-order valence-corrected chi connectivity index (χ4v) is 2.81. The van der Waals surface area contributed by atoms with Gasteiger partial charge in [0.05, 0.1) is 18.2 Å². The first-order valence-electron chi connectivity index (χ1n) is 8.44. The molecule has 0 aliphatic carbocycles. The Morgan fingerprint density at radius 1 is 1.40 bits per heavy atom. The van der Waals surface area contributed by atoms with Crippen molar-refractivity contribution in [2.24, 2.45) is 0 Å². The highest BCUT2D eigenvalue weighted by Crippen LogP contribution is 2.31. The SMILES string of the molecule is CCc1nc(C2CCCN2C(=O)c2ccc(OCCOC)nc2)no1. The van der Waals surface area contributed by atoms with Crippen LogP contribution in [0.25, 0.3) is 0 Å². The number of aromatic nitrogens is 3. The second kappa shape index (κ2) is 8.06. The van der Waals surface area contributed by atoms with Gasteiger partial charge in [0.2, 0.25) is 11.8 Å². The molecule has 0 aromatic carbocycles. The van der Waals surface area contributed by atoms with Crippen LogP contribution in [0.4, 0.5) is 0 Å². The van der Waals surface area contributed by atoms with Crippen molar-refractivity contribution in [3.63, 3.8) is 0 Å². The predicted octanol–water partition coefficient (Wildman–Crippen LogP) is 2.03. The number of likely N-dealkylation sites (tertiary alicyclic amines) is 1. The number of carbonyl (C=O) groups excluding carboxylic acids is 1. The van der Waals surface area contributed by atoms with Gasteiger partial charge in [-0.25, -0.2) is 4.98 Å². The number of pyridine rings is 1. The fraction of sp³-hybridized carbons (Fsp3) is 0.529. The van der Waals surface area contributed by atoms with E-state index in [0.29, 0.717) is 49.3 Å². The van der Waals surface area contributed by atoms with Crippen molar-refractivity contribution < 1.29 is 18.8 Å². The molecule has 0 bridgehead atoms. The van der Waals surface area contributed by atoms with Gasteiger partial charge in [0.15, 0.2) is 5.82 Å². The van der Waals surface area contributed by atoms with Crippen molar-refractivity contribution in [2.75, 3.05) is 26.9 Å². The van der Waals surface area contributed by atoms with Crippen LogP contribution >= 0.6 is 0 Å². The van der Waals surface area contributed by atoms with E-state index in [9.17, 15) is 4.79 Å². The number of ether oxygens (including phenoxy) is 2. The number of carbonyl (C=O) groups is 1. The third kappa shape index (κ3) is 3.96. The number of rotatable bonds is 7. The van der Waals surface area contributed by atoms with Gasteiger partial charge in [0.1, 0.15) is 6.61 Å². The summed E-state index contributed by atoms with van der Waals surface area (Å²) in [5, 5.41) is 4.02. The van der Waals surface area contributed by atoms with Crippen LogP contribution in [-0.2, 0) is 11.2 Å². The van der Waals surface area contributed by atoms with Crippen LogP contribution in [0.3, 0.4) is 0 Å². The molecule has 1 amide bonds. The molecule has 0 spiro atoms. The number of hydrogen-bond donors (Lipinski definition) is 0. The highest BCUT2D eigenvalue weighted by molar-refractivity contribution is 5.94. The number of aryl methyl sites for hydroxylation is 1. The number of nitrogens with zero attached hydrogens (tertiary/aromatic N) is 4. The van der Waals surface area contributed by atoms with Gasteiger partial charge in [-0.3, -0.25) is 4.79 Å². The maximum absolute atomic E-state index is 12.8. The highest BCUT2D eigenvalue weighted by atomic mass is 16.5. The van der Waals surface area contributed by atoms with Gasteiger partial charge in [-0.2, -0.15) is 4.98 Å². The monoisotopic (exact) mass is 346 g/mol. The Morgan fingerprint density at radius 3 is 2.96 bits per heavy atom. The van der Waals surface area contributed by atoms with Gasteiger partial charge in [-0.05, 0) is 18.9 Å². The molecular weight excluding hydrogens is 324 g/mol. The number of hydrogen-bond acceptors (Lipinski definition) is 7. The van der Waals surface area contributed by atoms with Crippen molar-refractivity contribution in [3.8, 4) is 5.88 Å². The third-order valence-corrected chi connectivity index (χ3v) is 4.12. The Hall–Kier alpha value is -2.48. The van der Waals surface area contributed by atoms with Crippen molar-refractivity contribution in [2.45, 2.75) is 32.2 Å². The summed E-state index contributed by atoms with van der Waals surface area (Å²) >= 11 is 0. The van der Waals surface area contributed by atoms with E-state index < -0.39 is 0 Å². The molecule has 25 heavy (non-hydrogen) atoms. The molecular formula is C17H22N4O4. The van der Waals surface area contributed by atoms with Crippen molar-refractivity contribution in [1.82, 2.24) is 20.0 Å². The number of methoxy groups -OCH3 is 1. The van der Waals surface area contributed by atoms with Gasteiger partial charge in [-0.15, -0.1) is 0 Å². The topological polar surface area (TPSA) is 90.6 Å². The van der Waals surface area contributed by atoms with Crippen LogP contribution in [0, 0.1) is 0 Å². The van der Waals surface area contributed by atoms with E-state index in [4.69, 9.17) is 14.0 Å². The molecule has 1 saturated heterocycles. The zero-order valence-electron chi connectivity index (χ0n) is 14.5. The van der Waals surface area contributed by atoms with Crippen LogP contribution in [-0.4, -0.2) is 52.8 Å². The average Bonchev–Trinajstić information content (AvgIpc) is 3.30. The summed E-state index contributed by atoms with van der Waals surface area (Å²) in [6.07, 6.45) is 3.97. The van der Waals surface area contributed by atoms with E-state index in [1.807, 2.05) is 6.92 Å². The van der Waals surface area contributed by atoms with E-state index in [1.54, 1.807) is 24.1 Å². The minimum Gasteiger partial charge on any atom is -0.475 e. The molecule has 1 fully saturated rings. The molecule has 3 rings (SSSR count). The lowest BCUT2D eigenvalue weighted by atomic mass is 10.2. The minimum atomic E-state index is -0.144. The van der Waals surface area contributed by atoms with Crippen LogP contribution in [0.5, 0.6) is 5.88 Å². The summed E-state index contributed by atoms with van der Waals surface area (Å²) in [5.74, 6) is 1.56. The molecule has 8 nitrogen and oxygen atoms in total. The standard InChI is InChI=1S/C17H22N4O4/c1-3-14-19-16(20-25-14)13-5-4-8-21(13)17(22)12-6-7-15(18-11-12)24-10-9-23-2/h6-7,11,13H,3-5,8-10H2,1-2H3. The molecule has 1 aliphatic rings. The Bertz CT molecular complexity index is 701. The molecule has 0 saturated carbocycles. The second-order valence-corrected chi connectivity index (χ2v) is 5.78. The Kier molecular flexibility index (Phi) is 5.60. The first kappa shape index (κ1) is 17.3. The lowest BCUT2D eigenvalue weighted by Crippen LogP contribution is -2.31. The largest absolute Gasteiger partial charge is 0.475 e. The molecule has 1 unspecified atom stereocenters. The quantitative estimate of drug-likeness (QED) is 0.708. The molecule has 2 aromatic rings. The molecule has 8 heteroatoms. The minimum absolute atomic E-state index is 0.0821. The molecule has 134 valence electrons. The van der Waals surface area contributed by atoms with Gasteiger partial charge in [0, 0.05) is 32.3 Å². The van der Waals surface area contributed by atoms with Crippen LogP contribution in [0.2, 0.25) is 0 Å². The van der Waals surface area contributed by atoms with Gasteiger partial charge in [0.25, 0.3) is 5.91 Å². The van der Waals surface area contributed by atoms with E-state index in [2.05, 4.69) is 15.1 Å². The third-order valence-electron chi connectivity index (χ3n) is 4.12. The molecule has 1 aliphatic heterocycles. The van der Waals surface area contributed by atoms with Crippen molar-refractivity contribution >= 4 is 5.91 Å². The molecule has 3 heterocycles. The smallest absolute Gasteiger partial charge is 0.256 e. The zero-order chi connectivity index (χ0) is 17.6. The van der Waals surface area contributed by atoms with Crippen molar-refractivity contribution in [1.29, 1.82) is 0 Å². The summed E-state index contributed by atoms with van der Waals surface area (Å²) < 4.78 is 15.5. The lowest BCUT2D eigenvalue weighted by molar-refractivity contribution is 0.0727. The average molecular weight is 346 g/mol. The van der Waals surface area contributed by atoms with Gasteiger partial charge in [-0.1, -0.05) is 12.1 Å².